The smallest absolute Gasteiger partial charge is 0.179 e. The maximum absolute atomic E-state index is 12.1. The number of furan rings is 1. The van der Waals surface area contributed by atoms with E-state index in [2.05, 4.69) is 13.8 Å². The molecule has 1 unspecified atom stereocenters. The molecule has 4 heteroatoms. The van der Waals surface area contributed by atoms with Crippen LogP contribution < -0.4 is 0 Å². The van der Waals surface area contributed by atoms with Crippen molar-refractivity contribution in [3.05, 3.63) is 36.1 Å². The van der Waals surface area contributed by atoms with Gasteiger partial charge in [0, 0.05) is 21.9 Å². The molecule has 0 amide bonds. The van der Waals surface area contributed by atoms with Gasteiger partial charge in [-0.15, -0.1) is 0 Å². The number of fused-ring (bicyclic) bond motifs is 1. The summed E-state index contributed by atoms with van der Waals surface area (Å²) < 4.78 is 17.2. The highest BCUT2D eigenvalue weighted by atomic mass is 32.2. The highest BCUT2D eigenvalue weighted by molar-refractivity contribution is 7.85. The van der Waals surface area contributed by atoms with Crippen LogP contribution in [0.2, 0.25) is 0 Å². The van der Waals surface area contributed by atoms with E-state index in [0.29, 0.717) is 22.8 Å². The van der Waals surface area contributed by atoms with Crippen LogP contribution in [0, 0.1) is 5.92 Å². The zero-order valence-corrected chi connectivity index (χ0v) is 12.0. The predicted molar refractivity (Wildman–Crippen MR) is 77.9 cm³/mol. The number of para-hydroxylation sites is 1. The van der Waals surface area contributed by atoms with E-state index in [-0.39, 0.29) is 11.5 Å². The summed E-state index contributed by atoms with van der Waals surface area (Å²) in [7, 11) is -1.09. The van der Waals surface area contributed by atoms with E-state index in [4.69, 9.17) is 4.42 Å². The Balaban J connectivity index is 2.06. The average Bonchev–Trinajstić information content (AvgIpc) is 2.80. The molecule has 1 atom stereocenters. The molecule has 2 aromatic rings. The molecule has 0 spiro atoms. The van der Waals surface area contributed by atoms with E-state index in [1.54, 1.807) is 0 Å². The number of Topliss-reactive ketones (excluding diaryl/α,β-unsaturated/α-hetero) is 1. The first-order chi connectivity index (χ1) is 9.08. The van der Waals surface area contributed by atoms with Crippen LogP contribution in [0.15, 0.2) is 34.9 Å². The molecule has 0 fully saturated rings. The summed E-state index contributed by atoms with van der Waals surface area (Å²) in [5.74, 6) is 1.07. The summed E-state index contributed by atoms with van der Waals surface area (Å²) in [5.41, 5.74) is 1.23. The zero-order valence-electron chi connectivity index (χ0n) is 11.2. The van der Waals surface area contributed by atoms with E-state index >= 15 is 0 Å². The molecule has 1 aromatic carbocycles. The molecular weight excluding hydrogens is 260 g/mol. The Morgan fingerprint density at radius 1 is 1.32 bits per heavy atom. The Bertz CT molecular complexity index is 598. The molecule has 2 rings (SSSR count). The van der Waals surface area contributed by atoms with Crippen molar-refractivity contribution < 1.29 is 13.4 Å². The minimum atomic E-state index is -1.09. The maximum atomic E-state index is 12.1. The third-order valence-electron chi connectivity index (χ3n) is 3.00. The van der Waals surface area contributed by atoms with Gasteiger partial charge in [-0.3, -0.25) is 9.00 Å². The molecule has 0 N–H and O–H groups in total. The molecule has 0 aliphatic heterocycles. The standard InChI is InChI=1S/C15H18O3S/c1-11(2)7-8-19(17)10-14(16)13-9-18-15-6-4-3-5-12(13)15/h3-6,9,11H,7-8,10H2,1-2H3. The van der Waals surface area contributed by atoms with Crippen molar-refractivity contribution in [2.24, 2.45) is 5.92 Å². The molecule has 19 heavy (non-hydrogen) atoms. The van der Waals surface area contributed by atoms with Crippen molar-refractivity contribution in [1.29, 1.82) is 0 Å². The van der Waals surface area contributed by atoms with Gasteiger partial charge in [0.2, 0.25) is 0 Å². The monoisotopic (exact) mass is 278 g/mol. The Labute approximate surface area is 115 Å². The second-order valence-electron chi connectivity index (χ2n) is 5.04. The minimum Gasteiger partial charge on any atom is -0.464 e. The van der Waals surface area contributed by atoms with Crippen molar-refractivity contribution in [3.63, 3.8) is 0 Å². The van der Waals surface area contributed by atoms with Crippen LogP contribution in [-0.2, 0) is 10.8 Å². The second-order valence-corrected chi connectivity index (χ2v) is 6.62. The molecule has 0 radical (unpaired) electrons. The fraction of sp³-hybridized carbons (Fsp3) is 0.400. The summed E-state index contributed by atoms with van der Waals surface area (Å²) >= 11 is 0. The van der Waals surface area contributed by atoms with Gasteiger partial charge < -0.3 is 4.42 Å². The normalized spacial score (nSPS) is 13.0. The number of carbonyl (C=O) groups excluding carboxylic acids is 1. The van der Waals surface area contributed by atoms with Crippen LogP contribution in [0.25, 0.3) is 11.0 Å². The van der Waals surface area contributed by atoms with E-state index < -0.39 is 10.8 Å². The first-order valence-electron chi connectivity index (χ1n) is 6.42. The molecule has 1 aromatic heterocycles. The predicted octanol–water partition coefficient (Wildman–Crippen LogP) is 3.41. The third kappa shape index (κ3) is 3.53. The van der Waals surface area contributed by atoms with Crippen molar-refractivity contribution in [2.45, 2.75) is 20.3 Å². The van der Waals surface area contributed by atoms with Crippen LogP contribution in [-0.4, -0.2) is 21.5 Å². The summed E-state index contributed by atoms with van der Waals surface area (Å²) in [6, 6.07) is 7.40. The van der Waals surface area contributed by atoms with Gasteiger partial charge in [0.15, 0.2) is 5.78 Å². The number of hydrogen-bond donors (Lipinski definition) is 0. The molecule has 0 bridgehead atoms. The lowest BCUT2D eigenvalue weighted by Gasteiger charge is -2.03. The van der Waals surface area contributed by atoms with Gasteiger partial charge in [0.1, 0.15) is 11.8 Å². The largest absolute Gasteiger partial charge is 0.464 e. The Morgan fingerprint density at radius 3 is 2.79 bits per heavy atom. The summed E-state index contributed by atoms with van der Waals surface area (Å²) in [5, 5.41) is 0.799. The Morgan fingerprint density at radius 2 is 2.05 bits per heavy atom. The SMILES string of the molecule is CC(C)CCS(=O)CC(=O)c1coc2ccccc12. The fourth-order valence-corrected chi connectivity index (χ4v) is 3.18. The highest BCUT2D eigenvalue weighted by Crippen LogP contribution is 2.21. The lowest BCUT2D eigenvalue weighted by molar-refractivity contribution is 0.102. The zero-order chi connectivity index (χ0) is 13.8. The summed E-state index contributed by atoms with van der Waals surface area (Å²) in [6.07, 6.45) is 2.35. The van der Waals surface area contributed by atoms with Crippen molar-refractivity contribution in [1.82, 2.24) is 0 Å². The molecule has 0 aliphatic rings. The third-order valence-corrected chi connectivity index (χ3v) is 4.27. The van der Waals surface area contributed by atoms with E-state index in [9.17, 15) is 9.00 Å². The first kappa shape index (κ1) is 14.0. The van der Waals surface area contributed by atoms with Crippen LogP contribution in [0.5, 0.6) is 0 Å². The fourth-order valence-electron chi connectivity index (χ4n) is 1.86. The van der Waals surface area contributed by atoms with Gasteiger partial charge >= 0.3 is 0 Å². The van der Waals surface area contributed by atoms with E-state index in [1.807, 2.05) is 24.3 Å². The highest BCUT2D eigenvalue weighted by Gasteiger charge is 2.16. The molecule has 0 saturated carbocycles. The van der Waals surface area contributed by atoms with Gasteiger partial charge in [0.05, 0.1) is 11.3 Å². The number of carbonyl (C=O) groups is 1. The lowest BCUT2D eigenvalue weighted by atomic mass is 10.1. The van der Waals surface area contributed by atoms with Gasteiger partial charge in [-0.25, -0.2) is 0 Å². The molecule has 0 saturated heterocycles. The number of ketones is 1. The Kier molecular flexibility index (Phi) is 4.53. The lowest BCUT2D eigenvalue weighted by Crippen LogP contribution is -2.14. The number of benzene rings is 1. The molecule has 3 nitrogen and oxygen atoms in total. The van der Waals surface area contributed by atoms with Gasteiger partial charge in [-0.2, -0.15) is 0 Å². The van der Waals surface area contributed by atoms with E-state index in [0.717, 1.165) is 11.8 Å². The average molecular weight is 278 g/mol. The molecular formula is C15H18O3S. The van der Waals surface area contributed by atoms with Crippen molar-refractivity contribution in [2.75, 3.05) is 11.5 Å². The van der Waals surface area contributed by atoms with Crippen LogP contribution >= 0.6 is 0 Å². The minimum absolute atomic E-state index is 0.0796. The summed E-state index contributed by atoms with van der Waals surface area (Å²) in [6.45, 7) is 4.17. The number of rotatable bonds is 6. The van der Waals surface area contributed by atoms with Crippen molar-refractivity contribution in [3.8, 4) is 0 Å². The van der Waals surface area contributed by atoms with Crippen LogP contribution in [0.4, 0.5) is 0 Å². The molecule has 0 aliphatic carbocycles. The van der Waals surface area contributed by atoms with Gasteiger partial charge in [-0.1, -0.05) is 32.0 Å². The Hall–Kier alpha value is -1.42. The summed E-state index contributed by atoms with van der Waals surface area (Å²) in [4.78, 5) is 12.1. The molecule has 102 valence electrons. The maximum Gasteiger partial charge on any atom is 0.179 e. The topological polar surface area (TPSA) is 47.3 Å². The van der Waals surface area contributed by atoms with Crippen molar-refractivity contribution >= 4 is 27.6 Å². The van der Waals surface area contributed by atoms with Crippen LogP contribution in [0.1, 0.15) is 30.6 Å². The van der Waals surface area contributed by atoms with Gasteiger partial charge in [0.25, 0.3) is 0 Å². The second kappa shape index (κ2) is 6.15. The van der Waals surface area contributed by atoms with E-state index in [1.165, 1.54) is 6.26 Å². The quantitative estimate of drug-likeness (QED) is 0.761. The number of hydrogen-bond acceptors (Lipinski definition) is 3. The molecule has 1 heterocycles. The van der Waals surface area contributed by atoms with Crippen LogP contribution in [0.3, 0.4) is 0 Å². The first-order valence-corrected chi connectivity index (χ1v) is 7.91. The van der Waals surface area contributed by atoms with Gasteiger partial charge in [-0.05, 0) is 18.4 Å².